The summed E-state index contributed by atoms with van der Waals surface area (Å²) in [5, 5.41) is 8.80. The van der Waals surface area contributed by atoms with Gasteiger partial charge in [-0.25, -0.2) is 0 Å². The Morgan fingerprint density at radius 3 is 2.43 bits per heavy atom. The Balaban J connectivity index is 1.96. The first kappa shape index (κ1) is 14.6. The van der Waals surface area contributed by atoms with E-state index in [2.05, 4.69) is 48.5 Å². The van der Waals surface area contributed by atoms with Crippen LogP contribution >= 0.6 is 11.6 Å². The molecular formula is C17H22ClN3. The van der Waals surface area contributed by atoms with Gasteiger partial charge in [-0.2, -0.15) is 5.10 Å². The molecule has 0 aliphatic carbocycles. The molecular weight excluding hydrogens is 282 g/mol. The van der Waals surface area contributed by atoms with Gasteiger partial charge in [0.05, 0.1) is 16.4 Å². The van der Waals surface area contributed by atoms with Crippen LogP contribution in [0, 0.1) is 13.8 Å². The van der Waals surface area contributed by atoms with Crippen LogP contribution in [0.4, 0.5) is 0 Å². The maximum atomic E-state index is 6.49. The van der Waals surface area contributed by atoms with Crippen molar-refractivity contribution in [2.75, 3.05) is 13.1 Å². The standard InChI is InChI=1S/C17H22ClN3/c1-4-21-15(16(18)13(3)20-21)9-17(10-19-11-17)14-7-5-12(2)6-8-14/h5-8,19H,4,9-11H2,1-3H3. The van der Waals surface area contributed by atoms with Gasteiger partial charge in [-0.05, 0) is 26.3 Å². The van der Waals surface area contributed by atoms with Gasteiger partial charge in [0.1, 0.15) is 0 Å². The van der Waals surface area contributed by atoms with Crippen LogP contribution < -0.4 is 5.32 Å². The number of aromatic nitrogens is 2. The van der Waals surface area contributed by atoms with Crippen LogP contribution in [-0.4, -0.2) is 22.9 Å². The van der Waals surface area contributed by atoms with Crippen molar-refractivity contribution in [3.05, 3.63) is 51.8 Å². The van der Waals surface area contributed by atoms with Crippen LogP contribution in [0.3, 0.4) is 0 Å². The topological polar surface area (TPSA) is 29.9 Å². The molecule has 0 amide bonds. The second-order valence-corrected chi connectivity index (χ2v) is 6.47. The van der Waals surface area contributed by atoms with E-state index in [1.165, 1.54) is 16.8 Å². The van der Waals surface area contributed by atoms with E-state index in [0.717, 1.165) is 36.8 Å². The molecule has 0 saturated carbocycles. The third-order valence-corrected chi connectivity index (χ3v) is 5.04. The fraction of sp³-hybridized carbons (Fsp3) is 0.471. The second-order valence-electron chi connectivity index (χ2n) is 6.09. The summed E-state index contributed by atoms with van der Waals surface area (Å²) in [6.45, 7) is 9.09. The molecule has 0 atom stereocenters. The van der Waals surface area contributed by atoms with Gasteiger partial charge in [0, 0.05) is 31.5 Å². The Bertz CT molecular complexity index is 639. The van der Waals surface area contributed by atoms with Crippen LogP contribution in [0.1, 0.15) is 29.4 Å². The number of hydrogen-bond donors (Lipinski definition) is 1. The molecule has 2 aromatic rings. The second kappa shape index (κ2) is 5.47. The number of nitrogens with one attached hydrogen (secondary N) is 1. The molecule has 1 aliphatic heterocycles. The quantitative estimate of drug-likeness (QED) is 0.939. The van der Waals surface area contributed by atoms with Gasteiger partial charge in [0.2, 0.25) is 0 Å². The van der Waals surface area contributed by atoms with E-state index in [9.17, 15) is 0 Å². The van der Waals surface area contributed by atoms with E-state index < -0.39 is 0 Å². The number of aryl methyl sites for hydroxylation is 3. The summed E-state index contributed by atoms with van der Waals surface area (Å²) in [5.74, 6) is 0. The SMILES string of the molecule is CCn1nc(C)c(Cl)c1CC1(c2ccc(C)cc2)CNC1. The number of halogens is 1. The van der Waals surface area contributed by atoms with E-state index in [4.69, 9.17) is 11.6 Å². The number of rotatable bonds is 4. The largest absolute Gasteiger partial charge is 0.315 e. The van der Waals surface area contributed by atoms with E-state index in [1.807, 2.05) is 11.6 Å². The first-order valence-electron chi connectivity index (χ1n) is 7.55. The molecule has 0 bridgehead atoms. The summed E-state index contributed by atoms with van der Waals surface area (Å²) in [4.78, 5) is 0. The maximum absolute atomic E-state index is 6.49. The van der Waals surface area contributed by atoms with Crippen molar-refractivity contribution >= 4 is 11.6 Å². The average Bonchev–Trinajstić information content (AvgIpc) is 2.71. The molecule has 1 aromatic heterocycles. The third-order valence-electron chi connectivity index (χ3n) is 4.55. The molecule has 1 saturated heterocycles. The molecule has 21 heavy (non-hydrogen) atoms. The van der Waals surface area contributed by atoms with E-state index >= 15 is 0 Å². The van der Waals surface area contributed by atoms with Crippen molar-refractivity contribution in [3.8, 4) is 0 Å². The van der Waals surface area contributed by atoms with Crippen molar-refractivity contribution in [1.82, 2.24) is 15.1 Å². The smallest absolute Gasteiger partial charge is 0.0847 e. The molecule has 3 nitrogen and oxygen atoms in total. The van der Waals surface area contributed by atoms with Crippen molar-refractivity contribution in [3.63, 3.8) is 0 Å². The minimum Gasteiger partial charge on any atom is -0.315 e. The number of hydrogen-bond acceptors (Lipinski definition) is 2. The van der Waals surface area contributed by atoms with Crippen LogP contribution in [0.15, 0.2) is 24.3 Å². The Hall–Kier alpha value is -1.32. The van der Waals surface area contributed by atoms with Crippen molar-refractivity contribution in [2.24, 2.45) is 0 Å². The van der Waals surface area contributed by atoms with Gasteiger partial charge in [-0.1, -0.05) is 41.4 Å². The monoisotopic (exact) mass is 303 g/mol. The lowest BCUT2D eigenvalue weighted by atomic mass is 9.71. The Kier molecular flexibility index (Phi) is 3.80. The van der Waals surface area contributed by atoms with E-state index in [0.29, 0.717) is 0 Å². The zero-order valence-corrected chi connectivity index (χ0v) is 13.7. The highest BCUT2D eigenvalue weighted by atomic mass is 35.5. The highest BCUT2D eigenvalue weighted by Crippen LogP contribution is 2.35. The number of benzene rings is 1. The minimum atomic E-state index is 0.150. The summed E-state index contributed by atoms with van der Waals surface area (Å²) in [7, 11) is 0. The molecule has 4 heteroatoms. The van der Waals surface area contributed by atoms with Crippen molar-refractivity contribution in [1.29, 1.82) is 0 Å². The summed E-state index contributed by atoms with van der Waals surface area (Å²) in [6, 6.07) is 8.89. The maximum Gasteiger partial charge on any atom is 0.0847 e. The highest BCUT2D eigenvalue weighted by molar-refractivity contribution is 6.31. The molecule has 1 aromatic carbocycles. The first-order valence-corrected chi connectivity index (χ1v) is 7.93. The van der Waals surface area contributed by atoms with Crippen LogP contribution in [0.2, 0.25) is 5.02 Å². The van der Waals surface area contributed by atoms with E-state index in [-0.39, 0.29) is 5.41 Å². The Morgan fingerprint density at radius 2 is 1.90 bits per heavy atom. The van der Waals surface area contributed by atoms with E-state index in [1.54, 1.807) is 0 Å². The Morgan fingerprint density at radius 1 is 1.24 bits per heavy atom. The fourth-order valence-electron chi connectivity index (χ4n) is 3.12. The molecule has 2 heterocycles. The van der Waals surface area contributed by atoms with Crippen molar-refractivity contribution < 1.29 is 0 Å². The Labute approximate surface area is 131 Å². The lowest BCUT2D eigenvalue weighted by Gasteiger charge is -2.43. The molecule has 0 radical (unpaired) electrons. The summed E-state index contributed by atoms with van der Waals surface area (Å²) in [5.41, 5.74) is 4.94. The summed E-state index contributed by atoms with van der Waals surface area (Å²) < 4.78 is 2.05. The summed E-state index contributed by atoms with van der Waals surface area (Å²) in [6.07, 6.45) is 0.941. The van der Waals surface area contributed by atoms with Gasteiger partial charge in [0.25, 0.3) is 0 Å². The van der Waals surface area contributed by atoms with Crippen LogP contribution in [-0.2, 0) is 18.4 Å². The normalized spacial score (nSPS) is 16.8. The molecule has 0 spiro atoms. The van der Waals surface area contributed by atoms with Gasteiger partial charge in [-0.3, -0.25) is 4.68 Å². The zero-order chi connectivity index (χ0) is 15.0. The van der Waals surface area contributed by atoms with Crippen LogP contribution in [0.25, 0.3) is 0 Å². The third kappa shape index (κ3) is 2.49. The predicted molar refractivity (Wildman–Crippen MR) is 87.1 cm³/mol. The molecule has 3 rings (SSSR count). The van der Waals surface area contributed by atoms with Gasteiger partial charge < -0.3 is 5.32 Å². The fourth-order valence-corrected chi connectivity index (χ4v) is 3.33. The van der Waals surface area contributed by atoms with Gasteiger partial charge >= 0.3 is 0 Å². The van der Waals surface area contributed by atoms with Gasteiger partial charge in [-0.15, -0.1) is 0 Å². The lowest BCUT2D eigenvalue weighted by molar-refractivity contribution is 0.269. The zero-order valence-electron chi connectivity index (χ0n) is 12.9. The first-order chi connectivity index (χ1) is 10.1. The number of nitrogens with zero attached hydrogens (tertiary/aromatic N) is 2. The molecule has 1 N–H and O–H groups in total. The van der Waals surface area contributed by atoms with Crippen LogP contribution in [0.5, 0.6) is 0 Å². The van der Waals surface area contributed by atoms with Crippen molar-refractivity contribution in [2.45, 2.75) is 39.2 Å². The predicted octanol–water partition coefficient (Wildman–Crippen LogP) is 3.26. The highest BCUT2D eigenvalue weighted by Gasteiger charge is 2.40. The summed E-state index contributed by atoms with van der Waals surface area (Å²) >= 11 is 6.49. The molecule has 112 valence electrons. The molecule has 1 fully saturated rings. The average molecular weight is 304 g/mol. The lowest BCUT2D eigenvalue weighted by Crippen LogP contribution is -2.58. The molecule has 0 unspecified atom stereocenters. The minimum absolute atomic E-state index is 0.150. The van der Waals surface area contributed by atoms with Gasteiger partial charge in [0.15, 0.2) is 0 Å². The molecule has 1 aliphatic rings.